The van der Waals surface area contributed by atoms with E-state index in [1.807, 2.05) is 0 Å². The third-order valence-electron chi connectivity index (χ3n) is 4.76. The Morgan fingerprint density at radius 3 is 2.52 bits per heavy atom. The summed E-state index contributed by atoms with van der Waals surface area (Å²) in [5.74, 6) is -1.90. The van der Waals surface area contributed by atoms with Crippen LogP contribution in [0.2, 0.25) is 0 Å². The van der Waals surface area contributed by atoms with Crippen molar-refractivity contribution in [3.05, 3.63) is 54.1 Å². The molecular formula is C22H22N2O7. The summed E-state index contributed by atoms with van der Waals surface area (Å²) >= 11 is 0. The molecule has 0 radical (unpaired) electrons. The Labute approximate surface area is 178 Å². The van der Waals surface area contributed by atoms with Crippen LogP contribution in [0, 0.1) is 5.92 Å². The number of carbonyl (C=O) groups is 4. The molecule has 1 saturated heterocycles. The van der Waals surface area contributed by atoms with E-state index < -0.39 is 30.4 Å². The lowest BCUT2D eigenvalue weighted by molar-refractivity contribution is -0.151. The second-order valence-electron chi connectivity index (χ2n) is 6.83. The number of hydrogen-bond acceptors (Lipinski definition) is 7. The molecule has 0 spiro atoms. The number of benzene rings is 2. The van der Waals surface area contributed by atoms with Crippen LogP contribution in [0.4, 0.5) is 11.4 Å². The number of rotatable bonds is 7. The van der Waals surface area contributed by atoms with Gasteiger partial charge in [-0.15, -0.1) is 0 Å². The smallest absolute Gasteiger partial charge is 0.337 e. The molecule has 1 atom stereocenters. The Kier molecular flexibility index (Phi) is 6.86. The molecule has 3 rings (SSSR count). The Morgan fingerprint density at radius 2 is 1.84 bits per heavy atom. The van der Waals surface area contributed by atoms with Gasteiger partial charge in [0.05, 0.1) is 25.7 Å². The summed E-state index contributed by atoms with van der Waals surface area (Å²) in [7, 11) is 2.81. The Bertz CT molecular complexity index is 988. The fraction of sp³-hybridized carbons (Fsp3) is 0.273. The lowest BCUT2D eigenvalue weighted by atomic mass is 10.1. The predicted molar refractivity (Wildman–Crippen MR) is 111 cm³/mol. The van der Waals surface area contributed by atoms with E-state index in [1.54, 1.807) is 24.3 Å². The van der Waals surface area contributed by atoms with Crippen molar-refractivity contribution in [3.63, 3.8) is 0 Å². The third kappa shape index (κ3) is 5.39. The minimum atomic E-state index is -0.661. The highest BCUT2D eigenvalue weighted by Crippen LogP contribution is 2.28. The standard InChI is InChI=1S/C22H22N2O7/c1-29-18-5-3-4-17(11-18)24-12-15(10-20(24)26)22(28)31-13-19(25)23-16-8-6-14(7-9-16)21(27)30-2/h3-9,11,15H,10,12-13H2,1-2H3,(H,23,25)/t15-/m1/s1. The quantitative estimate of drug-likeness (QED) is 0.674. The van der Waals surface area contributed by atoms with Crippen LogP contribution in [-0.4, -0.2) is 51.1 Å². The van der Waals surface area contributed by atoms with Gasteiger partial charge in [0, 0.05) is 30.4 Å². The van der Waals surface area contributed by atoms with Gasteiger partial charge in [-0.25, -0.2) is 4.79 Å². The van der Waals surface area contributed by atoms with Crippen LogP contribution in [0.1, 0.15) is 16.8 Å². The van der Waals surface area contributed by atoms with Crippen LogP contribution in [0.3, 0.4) is 0 Å². The number of anilines is 2. The lowest BCUT2D eigenvalue weighted by Crippen LogP contribution is -2.28. The largest absolute Gasteiger partial charge is 0.497 e. The molecule has 31 heavy (non-hydrogen) atoms. The Morgan fingerprint density at radius 1 is 1.10 bits per heavy atom. The maximum absolute atomic E-state index is 12.3. The summed E-state index contributed by atoms with van der Waals surface area (Å²) in [4.78, 5) is 49.6. The molecular weight excluding hydrogens is 404 g/mol. The normalized spacial score (nSPS) is 15.4. The zero-order chi connectivity index (χ0) is 22.4. The van der Waals surface area contributed by atoms with Gasteiger partial charge in [-0.1, -0.05) is 6.07 Å². The van der Waals surface area contributed by atoms with E-state index in [4.69, 9.17) is 9.47 Å². The monoisotopic (exact) mass is 426 g/mol. The predicted octanol–water partition coefficient (Wildman–Crippen LogP) is 2.02. The van der Waals surface area contributed by atoms with Crippen molar-refractivity contribution in [2.75, 3.05) is 37.6 Å². The molecule has 0 aliphatic carbocycles. The topological polar surface area (TPSA) is 111 Å². The molecule has 162 valence electrons. The Hall–Kier alpha value is -3.88. The maximum atomic E-state index is 12.3. The summed E-state index contributed by atoms with van der Waals surface area (Å²) in [6.45, 7) is -0.317. The van der Waals surface area contributed by atoms with E-state index in [1.165, 1.54) is 43.4 Å². The number of ether oxygens (including phenoxy) is 3. The van der Waals surface area contributed by atoms with Gasteiger partial charge in [0.2, 0.25) is 5.91 Å². The average molecular weight is 426 g/mol. The Balaban J connectivity index is 1.50. The minimum Gasteiger partial charge on any atom is -0.497 e. The van der Waals surface area contributed by atoms with Crippen molar-refractivity contribution in [2.45, 2.75) is 6.42 Å². The van der Waals surface area contributed by atoms with Crippen molar-refractivity contribution < 1.29 is 33.4 Å². The number of nitrogens with one attached hydrogen (secondary N) is 1. The molecule has 9 nitrogen and oxygen atoms in total. The highest BCUT2D eigenvalue weighted by molar-refractivity contribution is 6.00. The van der Waals surface area contributed by atoms with Gasteiger partial charge in [0.25, 0.3) is 5.91 Å². The fourth-order valence-corrected chi connectivity index (χ4v) is 3.15. The first-order valence-corrected chi connectivity index (χ1v) is 9.50. The maximum Gasteiger partial charge on any atom is 0.337 e. The molecule has 1 N–H and O–H groups in total. The fourth-order valence-electron chi connectivity index (χ4n) is 3.15. The number of esters is 2. The van der Waals surface area contributed by atoms with Gasteiger partial charge in [-0.3, -0.25) is 14.4 Å². The minimum absolute atomic E-state index is 0.00660. The molecule has 0 saturated carbocycles. The van der Waals surface area contributed by atoms with Crippen molar-refractivity contribution in [3.8, 4) is 5.75 Å². The first-order chi connectivity index (χ1) is 14.9. The highest BCUT2D eigenvalue weighted by atomic mass is 16.5. The van der Waals surface area contributed by atoms with Crippen LogP contribution in [0.25, 0.3) is 0 Å². The molecule has 1 aliphatic heterocycles. The van der Waals surface area contributed by atoms with Crippen molar-refractivity contribution in [1.29, 1.82) is 0 Å². The zero-order valence-corrected chi connectivity index (χ0v) is 17.1. The molecule has 2 aromatic carbocycles. The van der Waals surface area contributed by atoms with E-state index >= 15 is 0 Å². The molecule has 9 heteroatoms. The summed E-state index contributed by atoms with van der Waals surface area (Å²) < 4.78 is 14.9. The summed E-state index contributed by atoms with van der Waals surface area (Å²) in [6, 6.07) is 13.1. The van der Waals surface area contributed by atoms with Gasteiger partial charge in [0.1, 0.15) is 5.75 Å². The van der Waals surface area contributed by atoms with E-state index in [9.17, 15) is 19.2 Å². The van der Waals surface area contributed by atoms with E-state index in [0.717, 1.165) is 0 Å². The van der Waals surface area contributed by atoms with Crippen LogP contribution in [0.5, 0.6) is 5.75 Å². The molecule has 1 fully saturated rings. The molecule has 0 unspecified atom stereocenters. The number of amides is 2. The van der Waals surface area contributed by atoms with Gasteiger partial charge in [0.15, 0.2) is 6.61 Å². The highest BCUT2D eigenvalue weighted by Gasteiger charge is 2.36. The van der Waals surface area contributed by atoms with E-state index in [-0.39, 0.29) is 18.9 Å². The van der Waals surface area contributed by atoms with Crippen molar-refractivity contribution in [2.24, 2.45) is 5.92 Å². The van der Waals surface area contributed by atoms with Crippen molar-refractivity contribution in [1.82, 2.24) is 0 Å². The van der Waals surface area contributed by atoms with Crippen LogP contribution >= 0.6 is 0 Å². The van der Waals surface area contributed by atoms with Gasteiger partial charge < -0.3 is 24.4 Å². The second-order valence-corrected chi connectivity index (χ2v) is 6.83. The molecule has 0 aromatic heterocycles. The van der Waals surface area contributed by atoms with Gasteiger partial charge >= 0.3 is 11.9 Å². The number of methoxy groups -OCH3 is 2. The van der Waals surface area contributed by atoms with Crippen LogP contribution < -0.4 is 15.0 Å². The molecule has 0 bridgehead atoms. The number of nitrogens with zero attached hydrogens (tertiary/aromatic N) is 1. The lowest BCUT2D eigenvalue weighted by Gasteiger charge is -2.17. The molecule has 1 aliphatic rings. The van der Waals surface area contributed by atoms with E-state index in [2.05, 4.69) is 10.1 Å². The second kappa shape index (κ2) is 9.75. The van der Waals surface area contributed by atoms with Gasteiger partial charge in [-0.2, -0.15) is 0 Å². The summed E-state index contributed by atoms with van der Waals surface area (Å²) in [5, 5.41) is 2.57. The summed E-state index contributed by atoms with van der Waals surface area (Å²) in [5.41, 5.74) is 1.42. The first-order valence-electron chi connectivity index (χ1n) is 9.50. The first kappa shape index (κ1) is 21.8. The number of hydrogen-bond donors (Lipinski definition) is 1. The molecule has 2 amide bonds. The number of carbonyl (C=O) groups excluding carboxylic acids is 4. The average Bonchev–Trinajstić information content (AvgIpc) is 3.19. The van der Waals surface area contributed by atoms with E-state index in [0.29, 0.717) is 22.7 Å². The summed E-state index contributed by atoms with van der Waals surface area (Å²) in [6.07, 6.45) is 0.00660. The van der Waals surface area contributed by atoms with Gasteiger partial charge in [-0.05, 0) is 36.4 Å². The van der Waals surface area contributed by atoms with Crippen LogP contribution in [0.15, 0.2) is 48.5 Å². The zero-order valence-electron chi connectivity index (χ0n) is 17.1. The van der Waals surface area contributed by atoms with Crippen LogP contribution in [-0.2, 0) is 23.9 Å². The molecule has 1 heterocycles. The third-order valence-corrected chi connectivity index (χ3v) is 4.76. The SMILES string of the molecule is COC(=O)c1ccc(NC(=O)COC(=O)[C@@H]2CC(=O)N(c3cccc(OC)c3)C2)cc1. The molecule has 2 aromatic rings. The van der Waals surface area contributed by atoms with Crippen molar-refractivity contribution >= 4 is 35.1 Å².